The summed E-state index contributed by atoms with van der Waals surface area (Å²) in [7, 11) is 0. The first kappa shape index (κ1) is 10.6. The zero-order valence-electron chi connectivity index (χ0n) is 7.14. The standard InChI is InChI=1S/C8H3FN2O4/c9-15-8(12)5-1-2-6(4-10)7(3-5)11(13)14/h1-3H. The normalized spacial score (nSPS) is 9.07. The van der Waals surface area contributed by atoms with Crippen LogP contribution in [0.4, 0.5) is 10.2 Å². The highest BCUT2D eigenvalue weighted by Crippen LogP contribution is 2.19. The number of carbonyl (C=O) groups excluding carboxylic acids is 1. The van der Waals surface area contributed by atoms with Gasteiger partial charge in [-0.2, -0.15) is 5.26 Å². The largest absolute Gasteiger partial charge is 0.379 e. The summed E-state index contributed by atoms with van der Waals surface area (Å²) in [6, 6.07) is 4.46. The van der Waals surface area contributed by atoms with E-state index in [1.54, 1.807) is 6.07 Å². The summed E-state index contributed by atoms with van der Waals surface area (Å²) >= 11 is 0. The highest BCUT2D eigenvalue weighted by Gasteiger charge is 2.18. The van der Waals surface area contributed by atoms with Gasteiger partial charge >= 0.3 is 5.97 Å². The highest BCUT2D eigenvalue weighted by atomic mass is 19.3. The van der Waals surface area contributed by atoms with Crippen molar-refractivity contribution < 1.29 is 19.2 Å². The molecular formula is C8H3FN2O4. The van der Waals surface area contributed by atoms with Gasteiger partial charge < -0.3 is 0 Å². The molecule has 0 fully saturated rings. The Morgan fingerprint density at radius 1 is 1.60 bits per heavy atom. The first-order chi connectivity index (χ1) is 7.10. The summed E-state index contributed by atoms with van der Waals surface area (Å²) in [4.78, 5) is 23.2. The van der Waals surface area contributed by atoms with Crippen molar-refractivity contribution in [1.82, 2.24) is 0 Å². The Morgan fingerprint density at radius 3 is 2.73 bits per heavy atom. The zero-order chi connectivity index (χ0) is 11.4. The van der Waals surface area contributed by atoms with Crippen LogP contribution in [0.1, 0.15) is 15.9 Å². The molecule has 7 heteroatoms. The van der Waals surface area contributed by atoms with E-state index < -0.39 is 16.6 Å². The first-order valence-corrected chi connectivity index (χ1v) is 3.61. The molecule has 0 radical (unpaired) electrons. The molecule has 1 rings (SSSR count). The van der Waals surface area contributed by atoms with Gasteiger partial charge in [-0.3, -0.25) is 10.1 Å². The molecule has 0 aromatic heterocycles. The average Bonchev–Trinajstić information content (AvgIpc) is 2.27. The van der Waals surface area contributed by atoms with Gasteiger partial charge in [-0.05, 0) is 12.1 Å². The number of nitro benzene ring substituents is 1. The Labute approximate surface area is 82.5 Å². The Balaban J connectivity index is 3.29. The number of halogens is 1. The van der Waals surface area contributed by atoms with Gasteiger partial charge in [-0.1, -0.05) is 0 Å². The van der Waals surface area contributed by atoms with E-state index in [9.17, 15) is 19.4 Å². The zero-order valence-corrected chi connectivity index (χ0v) is 7.14. The van der Waals surface area contributed by atoms with Gasteiger partial charge in [0, 0.05) is 10.6 Å². The van der Waals surface area contributed by atoms with Crippen molar-refractivity contribution in [3.05, 3.63) is 39.4 Å². The van der Waals surface area contributed by atoms with Crippen LogP contribution in [0.2, 0.25) is 0 Å². The molecule has 0 aliphatic heterocycles. The third-order valence-electron chi connectivity index (χ3n) is 1.62. The molecule has 0 aliphatic carbocycles. The summed E-state index contributed by atoms with van der Waals surface area (Å²) < 4.78 is 11.5. The van der Waals surface area contributed by atoms with Crippen LogP contribution in [0.25, 0.3) is 0 Å². The lowest BCUT2D eigenvalue weighted by Crippen LogP contribution is -2.01. The summed E-state index contributed by atoms with van der Waals surface area (Å²) in [5, 5.41) is 19.0. The minimum atomic E-state index is -1.34. The lowest BCUT2D eigenvalue weighted by atomic mass is 10.1. The topological polar surface area (TPSA) is 93.2 Å². The second-order valence-electron chi connectivity index (χ2n) is 2.47. The number of hydrogen-bond donors (Lipinski definition) is 0. The van der Waals surface area contributed by atoms with Crippen molar-refractivity contribution in [3.8, 4) is 6.07 Å². The molecule has 0 saturated carbocycles. The first-order valence-electron chi connectivity index (χ1n) is 3.61. The molecule has 1 aromatic rings. The molecule has 76 valence electrons. The number of carbonyl (C=O) groups is 1. The molecule has 15 heavy (non-hydrogen) atoms. The van der Waals surface area contributed by atoms with Crippen molar-refractivity contribution in [2.24, 2.45) is 0 Å². The number of nitrogens with zero attached hydrogens (tertiary/aromatic N) is 2. The Kier molecular flexibility index (Phi) is 2.93. The molecule has 0 N–H and O–H groups in total. The fraction of sp³-hybridized carbons (Fsp3) is 0. The quantitative estimate of drug-likeness (QED) is 0.544. The van der Waals surface area contributed by atoms with E-state index in [2.05, 4.69) is 4.94 Å². The van der Waals surface area contributed by atoms with Crippen LogP contribution in [0.15, 0.2) is 18.2 Å². The number of benzene rings is 1. The molecular weight excluding hydrogens is 207 g/mol. The predicted molar refractivity (Wildman–Crippen MR) is 44.3 cm³/mol. The van der Waals surface area contributed by atoms with Crippen molar-refractivity contribution >= 4 is 11.7 Å². The van der Waals surface area contributed by atoms with Crippen LogP contribution in [-0.2, 0) is 4.94 Å². The molecule has 1 aromatic carbocycles. The monoisotopic (exact) mass is 210 g/mol. The molecule has 0 atom stereocenters. The van der Waals surface area contributed by atoms with E-state index in [4.69, 9.17) is 5.26 Å². The van der Waals surface area contributed by atoms with Crippen LogP contribution >= 0.6 is 0 Å². The molecule has 0 saturated heterocycles. The average molecular weight is 210 g/mol. The SMILES string of the molecule is N#Cc1ccc(C(=O)OF)cc1[N+](=O)[O-]. The Bertz CT molecular complexity index is 466. The lowest BCUT2D eigenvalue weighted by Gasteiger charge is -1.97. The maximum Gasteiger partial charge on any atom is 0.379 e. The lowest BCUT2D eigenvalue weighted by molar-refractivity contribution is -0.385. The van der Waals surface area contributed by atoms with Gasteiger partial charge in [0.05, 0.1) is 10.5 Å². The van der Waals surface area contributed by atoms with Crippen molar-refractivity contribution in [3.63, 3.8) is 0 Å². The molecule has 0 unspecified atom stereocenters. The van der Waals surface area contributed by atoms with Crippen LogP contribution in [0, 0.1) is 21.4 Å². The van der Waals surface area contributed by atoms with Crippen LogP contribution in [-0.4, -0.2) is 10.9 Å². The van der Waals surface area contributed by atoms with Gasteiger partial charge in [0.15, 0.2) is 0 Å². The van der Waals surface area contributed by atoms with Gasteiger partial charge in [0.25, 0.3) is 5.69 Å². The van der Waals surface area contributed by atoms with Crippen molar-refractivity contribution in [2.45, 2.75) is 0 Å². The van der Waals surface area contributed by atoms with Crippen LogP contribution < -0.4 is 0 Å². The molecule has 6 nitrogen and oxygen atoms in total. The Hall–Kier alpha value is -2.49. The number of rotatable bonds is 2. The summed E-state index contributed by atoms with van der Waals surface area (Å²) in [5.74, 6) is -1.34. The van der Waals surface area contributed by atoms with Crippen LogP contribution in [0.5, 0.6) is 0 Å². The smallest absolute Gasteiger partial charge is 0.258 e. The molecule has 0 amide bonds. The molecule has 0 spiro atoms. The number of hydrogen-bond acceptors (Lipinski definition) is 5. The fourth-order valence-corrected chi connectivity index (χ4v) is 0.949. The van der Waals surface area contributed by atoms with Crippen LogP contribution in [0.3, 0.4) is 0 Å². The molecule has 0 bridgehead atoms. The molecule has 0 aliphatic rings. The van der Waals surface area contributed by atoms with E-state index in [0.29, 0.717) is 0 Å². The van der Waals surface area contributed by atoms with E-state index >= 15 is 0 Å². The minimum Gasteiger partial charge on any atom is -0.258 e. The fourth-order valence-electron chi connectivity index (χ4n) is 0.949. The van der Waals surface area contributed by atoms with Gasteiger partial charge in [-0.25, -0.2) is 9.74 Å². The maximum absolute atomic E-state index is 11.5. The van der Waals surface area contributed by atoms with Gasteiger partial charge in [0.1, 0.15) is 11.6 Å². The summed E-state index contributed by atoms with van der Waals surface area (Å²) in [6.07, 6.45) is 0. The maximum atomic E-state index is 11.5. The van der Waals surface area contributed by atoms with E-state index in [0.717, 1.165) is 18.2 Å². The Morgan fingerprint density at radius 2 is 2.27 bits per heavy atom. The van der Waals surface area contributed by atoms with Crippen molar-refractivity contribution in [1.29, 1.82) is 5.26 Å². The van der Waals surface area contributed by atoms with Crippen molar-refractivity contribution in [2.75, 3.05) is 0 Å². The summed E-state index contributed by atoms with van der Waals surface area (Å²) in [6.45, 7) is 0. The second kappa shape index (κ2) is 4.15. The highest BCUT2D eigenvalue weighted by molar-refractivity contribution is 5.90. The predicted octanol–water partition coefficient (Wildman–Crippen LogP) is 1.51. The summed E-state index contributed by atoms with van der Waals surface area (Å²) in [5.41, 5.74) is -1.11. The van der Waals surface area contributed by atoms with Gasteiger partial charge in [0.2, 0.25) is 0 Å². The third kappa shape index (κ3) is 2.05. The van der Waals surface area contributed by atoms with E-state index in [1.807, 2.05) is 0 Å². The molecule has 0 heterocycles. The third-order valence-corrected chi connectivity index (χ3v) is 1.62. The number of nitro groups is 1. The second-order valence-corrected chi connectivity index (χ2v) is 2.47. The van der Waals surface area contributed by atoms with Gasteiger partial charge in [-0.15, -0.1) is 0 Å². The van der Waals surface area contributed by atoms with E-state index in [1.165, 1.54) is 0 Å². The minimum absolute atomic E-state index is 0.213. The van der Waals surface area contributed by atoms with E-state index in [-0.39, 0.29) is 11.1 Å². The number of nitriles is 1.